The van der Waals surface area contributed by atoms with Gasteiger partial charge in [0.2, 0.25) is 0 Å². The van der Waals surface area contributed by atoms with E-state index in [-0.39, 0.29) is 17.0 Å². The van der Waals surface area contributed by atoms with Crippen molar-refractivity contribution < 1.29 is 5.11 Å². The molecule has 1 aliphatic carbocycles. The molecule has 2 aromatic carbocycles. The first-order valence-electron chi connectivity index (χ1n) is 13.1. The summed E-state index contributed by atoms with van der Waals surface area (Å²) in [5.41, 5.74) is 2.75. The molecule has 1 N–H and O–H groups in total. The van der Waals surface area contributed by atoms with Crippen molar-refractivity contribution in [2.24, 2.45) is 0 Å². The Morgan fingerprint density at radius 2 is 1.61 bits per heavy atom. The standard InChI is InChI=1S/C29H34N4O3/c1-2-18-32-28(35)25-27(31(29(32)36)19-8-11-21-14-16-24(34)17-15-21)30-26(23-12-6-7-13-23)33(25)20-22-9-4-3-5-10-22/h3-5,9-10,14-17,23,34H,2,6-8,11-13,18-20H2,1H3. The van der Waals surface area contributed by atoms with Crippen LogP contribution < -0.4 is 11.2 Å². The van der Waals surface area contributed by atoms with Gasteiger partial charge in [-0.3, -0.25) is 13.9 Å². The summed E-state index contributed by atoms with van der Waals surface area (Å²) in [5, 5.41) is 9.56. The van der Waals surface area contributed by atoms with Crippen molar-refractivity contribution in [1.29, 1.82) is 0 Å². The summed E-state index contributed by atoms with van der Waals surface area (Å²) in [6.07, 6.45) is 6.66. The van der Waals surface area contributed by atoms with E-state index in [0.717, 1.165) is 42.6 Å². The van der Waals surface area contributed by atoms with E-state index >= 15 is 0 Å². The fraction of sp³-hybridized carbons (Fsp3) is 0.414. The summed E-state index contributed by atoms with van der Waals surface area (Å²) in [7, 11) is 0. The number of imidazole rings is 1. The van der Waals surface area contributed by atoms with Crippen LogP contribution in [0.15, 0.2) is 64.2 Å². The SMILES string of the molecule is CCCn1c(=O)c2c(nc(C3CCCC3)n2Cc2ccccc2)n(CCCc2ccc(O)cc2)c1=O. The molecule has 0 bridgehead atoms. The Hall–Kier alpha value is -3.61. The highest BCUT2D eigenvalue weighted by Gasteiger charge is 2.27. The van der Waals surface area contributed by atoms with E-state index in [2.05, 4.69) is 16.7 Å². The van der Waals surface area contributed by atoms with Crippen LogP contribution in [0.4, 0.5) is 0 Å². The van der Waals surface area contributed by atoms with Crippen LogP contribution in [0.1, 0.15) is 68.3 Å². The van der Waals surface area contributed by atoms with Crippen LogP contribution in [-0.4, -0.2) is 23.8 Å². The average Bonchev–Trinajstić information content (AvgIpc) is 3.54. The van der Waals surface area contributed by atoms with Gasteiger partial charge >= 0.3 is 5.69 Å². The lowest BCUT2D eigenvalue weighted by molar-refractivity contribution is 0.475. The zero-order valence-corrected chi connectivity index (χ0v) is 20.9. The van der Waals surface area contributed by atoms with E-state index in [9.17, 15) is 14.7 Å². The molecule has 2 aromatic heterocycles. The molecule has 0 radical (unpaired) electrons. The highest BCUT2D eigenvalue weighted by Crippen LogP contribution is 2.35. The molecule has 1 saturated carbocycles. The Bertz CT molecular complexity index is 1440. The van der Waals surface area contributed by atoms with E-state index in [4.69, 9.17) is 4.98 Å². The molecule has 0 unspecified atom stereocenters. The molecule has 1 fully saturated rings. The molecule has 0 spiro atoms. The monoisotopic (exact) mass is 486 g/mol. The van der Waals surface area contributed by atoms with Crippen LogP contribution >= 0.6 is 0 Å². The molecule has 0 saturated heterocycles. The summed E-state index contributed by atoms with van der Waals surface area (Å²) < 4.78 is 5.20. The third-order valence-corrected chi connectivity index (χ3v) is 7.28. The van der Waals surface area contributed by atoms with Gasteiger partial charge < -0.3 is 9.67 Å². The lowest BCUT2D eigenvalue weighted by atomic mass is 10.1. The minimum absolute atomic E-state index is 0.237. The maximum absolute atomic E-state index is 13.7. The molecule has 0 aliphatic heterocycles. The number of hydrogen-bond acceptors (Lipinski definition) is 4. The van der Waals surface area contributed by atoms with Crippen molar-refractivity contribution in [3.8, 4) is 5.75 Å². The highest BCUT2D eigenvalue weighted by molar-refractivity contribution is 5.71. The molecule has 7 heteroatoms. The number of rotatable bonds is 9. The first kappa shape index (κ1) is 24.1. The van der Waals surface area contributed by atoms with E-state index in [0.29, 0.717) is 43.1 Å². The lowest BCUT2D eigenvalue weighted by Gasteiger charge is -2.14. The van der Waals surface area contributed by atoms with Gasteiger partial charge in [-0.05, 0) is 55.4 Å². The molecule has 1 aliphatic rings. The fourth-order valence-electron chi connectivity index (χ4n) is 5.46. The second-order valence-corrected chi connectivity index (χ2v) is 9.86. The van der Waals surface area contributed by atoms with Crippen LogP contribution in [0.2, 0.25) is 0 Å². The number of phenols is 1. The van der Waals surface area contributed by atoms with Gasteiger partial charge in [0.15, 0.2) is 11.2 Å². The van der Waals surface area contributed by atoms with E-state index in [1.165, 1.54) is 17.4 Å². The number of phenolic OH excluding ortho intramolecular Hbond substituents is 1. The van der Waals surface area contributed by atoms with Gasteiger partial charge in [-0.2, -0.15) is 0 Å². The van der Waals surface area contributed by atoms with Gasteiger partial charge in [-0.1, -0.05) is 62.2 Å². The third kappa shape index (κ3) is 4.74. The Morgan fingerprint density at radius 1 is 0.889 bits per heavy atom. The van der Waals surface area contributed by atoms with Crippen molar-refractivity contribution in [2.45, 2.75) is 77.4 Å². The lowest BCUT2D eigenvalue weighted by Crippen LogP contribution is -2.40. The Balaban J connectivity index is 1.62. The van der Waals surface area contributed by atoms with Crippen molar-refractivity contribution in [1.82, 2.24) is 18.7 Å². The topological polar surface area (TPSA) is 82.1 Å². The number of aryl methyl sites for hydroxylation is 2. The molecule has 4 aromatic rings. The van der Waals surface area contributed by atoms with E-state index in [1.54, 1.807) is 16.7 Å². The normalized spacial score (nSPS) is 14.1. The molecular weight excluding hydrogens is 452 g/mol. The van der Waals surface area contributed by atoms with Gasteiger partial charge in [0.25, 0.3) is 5.56 Å². The minimum atomic E-state index is -0.276. The van der Waals surface area contributed by atoms with Crippen LogP contribution in [0, 0.1) is 0 Å². The zero-order valence-electron chi connectivity index (χ0n) is 20.9. The fourth-order valence-corrected chi connectivity index (χ4v) is 5.46. The smallest absolute Gasteiger partial charge is 0.332 e. The summed E-state index contributed by atoms with van der Waals surface area (Å²) in [4.78, 5) is 32.3. The van der Waals surface area contributed by atoms with Gasteiger partial charge in [0.1, 0.15) is 11.6 Å². The minimum Gasteiger partial charge on any atom is -0.508 e. The molecule has 188 valence electrons. The third-order valence-electron chi connectivity index (χ3n) is 7.28. The molecule has 2 heterocycles. The highest BCUT2D eigenvalue weighted by atomic mass is 16.3. The first-order chi connectivity index (χ1) is 17.6. The predicted octanol–water partition coefficient (Wildman–Crippen LogP) is 4.81. The quantitative estimate of drug-likeness (QED) is 0.368. The molecule has 36 heavy (non-hydrogen) atoms. The summed E-state index contributed by atoms with van der Waals surface area (Å²) >= 11 is 0. The van der Waals surface area contributed by atoms with Crippen molar-refractivity contribution in [2.75, 3.05) is 0 Å². The zero-order chi connectivity index (χ0) is 25.1. The number of aromatic hydroxyl groups is 1. The van der Waals surface area contributed by atoms with Crippen LogP contribution in [0.25, 0.3) is 11.2 Å². The van der Waals surface area contributed by atoms with Gasteiger partial charge in [-0.15, -0.1) is 0 Å². The molecule has 0 atom stereocenters. The molecule has 0 amide bonds. The first-order valence-corrected chi connectivity index (χ1v) is 13.1. The largest absolute Gasteiger partial charge is 0.508 e. The number of fused-ring (bicyclic) bond motifs is 1. The summed E-state index contributed by atoms with van der Waals surface area (Å²) in [6, 6.07) is 17.3. The van der Waals surface area contributed by atoms with E-state index < -0.39 is 0 Å². The number of benzene rings is 2. The van der Waals surface area contributed by atoms with Gasteiger partial charge in [-0.25, -0.2) is 9.78 Å². The Kier molecular flexibility index (Phi) is 7.07. The maximum Gasteiger partial charge on any atom is 0.332 e. The van der Waals surface area contributed by atoms with Crippen molar-refractivity contribution in [3.63, 3.8) is 0 Å². The van der Waals surface area contributed by atoms with Crippen LogP contribution in [0.5, 0.6) is 5.75 Å². The Morgan fingerprint density at radius 3 is 2.31 bits per heavy atom. The molecular formula is C29H34N4O3. The molecule has 5 rings (SSSR count). The molecule has 7 nitrogen and oxygen atoms in total. The maximum atomic E-state index is 13.7. The summed E-state index contributed by atoms with van der Waals surface area (Å²) in [6.45, 7) is 3.42. The van der Waals surface area contributed by atoms with Crippen LogP contribution in [-0.2, 0) is 26.1 Å². The van der Waals surface area contributed by atoms with Crippen molar-refractivity contribution in [3.05, 3.63) is 92.4 Å². The van der Waals surface area contributed by atoms with Gasteiger partial charge in [0, 0.05) is 25.6 Å². The number of nitrogens with zero attached hydrogens (tertiary/aromatic N) is 4. The second-order valence-electron chi connectivity index (χ2n) is 9.86. The summed E-state index contributed by atoms with van der Waals surface area (Å²) in [5.74, 6) is 1.48. The average molecular weight is 487 g/mol. The number of hydrogen-bond donors (Lipinski definition) is 1. The van der Waals surface area contributed by atoms with Crippen molar-refractivity contribution >= 4 is 11.2 Å². The number of aromatic nitrogens is 4. The van der Waals surface area contributed by atoms with Gasteiger partial charge in [0.05, 0.1) is 0 Å². The second kappa shape index (κ2) is 10.6. The van der Waals surface area contributed by atoms with Crippen LogP contribution in [0.3, 0.4) is 0 Å². The predicted molar refractivity (Wildman–Crippen MR) is 142 cm³/mol. The van der Waals surface area contributed by atoms with E-state index in [1.807, 2.05) is 37.3 Å². The Labute approximate surface area is 210 Å².